The first-order valence-corrected chi connectivity index (χ1v) is 21.7. The highest BCUT2D eigenvalue weighted by Gasteiger charge is 2.59. The number of benzene rings is 10. The van der Waals surface area contributed by atoms with Gasteiger partial charge in [0.05, 0.1) is 21.9 Å². The van der Waals surface area contributed by atoms with Crippen molar-refractivity contribution in [3.63, 3.8) is 0 Å². The fourth-order valence-corrected chi connectivity index (χ4v) is 12.6. The van der Waals surface area contributed by atoms with Gasteiger partial charge in [0.15, 0.2) is 0 Å². The van der Waals surface area contributed by atoms with E-state index in [0.717, 1.165) is 27.6 Å². The Morgan fingerprint density at radius 2 is 0.806 bits per heavy atom. The largest absolute Gasteiger partial charge is 0.456 e. The molecule has 2 spiro atoms. The van der Waals surface area contributed by atoms with Crippen LogP contribution in [0.15, 0.2) is 217 Å². The first-order valence-electron chi connectivity index (χ1n) is 21.7. The third-order valence-electron chi connectivity index (χ3n) is 14.9. The van der Waals surface area contributed by atoms with E-state index in [0.29, 0.717) is 0 Å². The lowest BCUT2D eigenvalue weighted by Crippen LogP contribution is -2.43. The van der Waals surface area contributed by atoms with Crippen molar-refractivity contribution in [2.45, 2.75) is 10.8 Å². The second-order valence-corrected chi connectivity index (χ2v) is 17.4. The summed E-state index contributed by atoms with van der Waals surface area (Å²) in [7, 11) is 0. The standard InChI is InChI=1S/C60H35NO/c1-2-16-38-36(15-1)29-31-54-58(38)45-34-53-43(35-55(45)61(54)37-30-32-57-44(33-37)42-20-6-14-28-56(42)62-57)41-19-5-9-23-48(41)60(53)51-26-12-10-24-49(51)59(50-25-11-13-27-52(50)60)46-21-7-3-17-39(46)40-18-4-8-22-47(40)59/h1-35H. The van der Waals surface area contributed by atoms with Crippen molar-refractivity contribution in [1.29, 1.82) is 0 Å². The Bertz CT molecular complexity index is 3860. The molecule has 0 amide bonds. The Labute approximate surface area is 357 Å². The van der Waals surface area contributed by atoms with Gasteiger partial charge < -0.3 is 8.98 Å². The number of fused-ring (bicyclic) bond motifs is 24. The summed E-state index contributed by atoms with van der Waals surface area (Å²) in [4.78, 5) is 0. The third-order valence-corrected chi connectivity index (χ3v) is 14.9. The van der Waals surface area contributed by atoms with Crippen LogP contribution < -0.4 is 0 Å². The van der Waals surface area contributed by atoms with Gasteiger partial charge in [0.1, 0.15) is 11.2 Å². The number of rotatable bonds is 1. The Morgan fingerprint density at radius 3 is 1.45 bits per heavy atom. The first-order chi connectivity index (χ1) is 30.8. The number of hydrogen-bond acceptors (Lipinski definition) is 1. The van der Waals surface area contributed by atoms with Crippen LogP contribution in [0.25, 0.3) is 82.5 Å². The predicted molar refractivity (Wildman–Crippen MR) is 254 cm³/mol. The molecule has 0 atom stereocenters. The zero-order valence-electron chi connectivity index (χ0n) is 33.6. The van der Waals surface area contributed by atoms with E-state index < -0.39 is 10.8 Å². The molecule has 0 saturated carbocycles. The van der Waals surface area contributed by atoms with Crippen molar-refractivity contribution in [2.75, 3.05) is 0 Å². The topological polar surface area (TPSA) is 18.1 Å². The SMILES string of the molecule is c1ccc2c(c1)-c1ccccc1C21c2ccccc2C2(c3ccccc3-c3cc4c(cc32)c2c3ccccc3ccc2n4-c2ccc3oc4ccccc4c3c2)c2ccccc21. The van der Waals surface area contributed by atoms with Crippen LogP contribution in [0.1, 0.15) is 44.5 Å². The molecule has 0 unspecified atom stereocenters. The average Bonchev–Trinajstić information content (AvgIpc) is 4.05. The second kappa shape index (κ2) is 11.5. The average molecular weight is 786 g/mol. The Hall–Kier alpha value is -7.94. The molecule has 0 fully saturated rings. The van der Waals surface area contributed by atoms with E-state index in [1.807, 2.05) is 6.07 Å². The van der Waals surface area contributed by atoms with Gasteiger partial charge in [-0.3, -0.25) is 0 Å². The van der Waals surface area contributed by atoms with E-state index in [-0.39, 0.29) is 0 Å². The minimum Gasteiger partial charge on any atom is -0.456 e. The van der Waals surface area contributed by atoms with Crippen LogP contribution in [0.4, 0.5) is 0 Å². The van der Waals surface area contributed by atoms with Gasteiger partial charge in [-0.15, -0.1) is 0 Å². The van der Waals surface area contributed by atoms with Gasteiger partial charge in [-0.1, -0.05) is 170 Å². The smallest absolute Gasteiger partial charge is 0.135 e. The molecule has 0 N–H and O–H groups in total. The fraction of sp³-hybridized carbons (Fsp3) is 0.0333. The number of hydrogen-bond donors (Lipinski definition) is 0. The normalized spacial score (nSPS) is 14.7. The van der Waals surface area contributed by atoms with Crippen LogP contribution in [-0.2, 0) is 10.8 Å². The number of furan rings is 1. The molecule has 286 valence electrons. The van der Waals surface area contributed by atoms with Crippen LogP contribution >= 0.6 is 0 Å². The summed E-state index contributed by atoms with van der Waals surface area (Å²) >= 11 is 0. The minimum atomic E-state index is -0.571. The quantitative estimate of drug-likeness (QED) is 0.162. The highest BCUT2D eigenvalue weighted by Crippen LogP contribution is 2.67. The monoisotopic (exact) mass is 785 g/mol. The van der Waals surface area contributed by atoms with Crippen molar-refractivity contribution < 1.29 is 4.42 Å². The van der Waals surface area contributed by atoms with E-state index in [9.17, 15) is 0 Å². The van der Waals surface area contributed by atoms with Crippen LogP contribution in [0, 0.1) is 0 Å². The van der Waals surface area contributed by atoms with E-state index >= 15 is 0 Å². The van der Waals surface area contributed by atoms with Gasteiger partial charge in [-0.2, -0.15) is 0 Å². The van der Waals surface area contributed by atoms with Crippen molar-refractivity contribution in [2.24, 2.45) is 0 Å². The maximum Gasteiger partial charge on any atom is 0.135 e. The molecule has 62 heavy (non-hydrogen) atoms. The molecule has 3 aliphatic rings. The molecule has 0 bridgehead atoms. The highest BCUT2D eigenvalue weighted by molar-refractivity contribution is 6.22. The maximum atomic E-state index is 6.34. The van der Waals surface area contributed by atoms with E-state index in [4.69, 9.17) is 4.42 Å². The molecule has 2 heterocycles. The van der Waals surface area contributed by atoms with E-state index in [1.54, 1.807) is 0 Å². The lowest BCUT2D eigenvalue weighted by Gasteiger charge is -2.48. The van der Waals surface area contributed by atoms with Gasteiger partial charge >= 0.3 is 0 Å². The second-order valence-electron chi connectivity index (χ2n) is 17.4. The molecule has 2 nitrogen and oxygen atoms in total. The molecule has 0 aliphatic heterocycles. The summed E-state index contributed by atoms with van der Waals surface area (Å²) < 4.78 is 8.84. The Kier molecular flexibility index (Phi) is 6.07. The van der Waals surface area contributed by atoms with Crippen molar-refractivity contribution in [1.82, 2.24) is 4.57 Å². The van der Waals surface area contributed by atoms with Crippen LogP contribution in [0.2, 0.25) is 0 Å². The lowest BCUT2D eigenvalue weighted by molar-refractivity contribution is 0.633. The van der Waals surface area contributed by atoms with Gasteiger partial charge in [0, 0.05) is 27.2 Å². The fourth-order valence-electron chi connectivity index (χ4n) is 12.6. The molecule has 0 saturated heterocycles. The third kappa shape index (κ3) is 3.72. The van der Waals surface area contributed by atoms with Crippen molar-refractivity contribution in [3.8, 4) is 27.9 Å². The molecular formula is C60H35NO. The molecule has 15 rings (SSSR count). The zero-order valence-corrected chi connectivity index (χ0v) is 33.6. The molecule has 2 aromatic heterocycles. The van der Waals surface area contributed by atoms with Gasteiger partial charge in [0.2, 0.25) is 0 Å². The highest BCUT2D eigenvalue weighted by atomic mass is 16.3. The molecule has 2 heteroatoms. The summed E-state index contributed by atoms with van der Waals surface area (Å²) in [5, 5.41) is 7.28. The Balaban J connectivity index is 1.11. The minimum absolute atomic E-state index is 0.477. The van der Waals surface area contributed by atoms with Crippen LogP contribution in [-0.4, -0.2) is 4.57 Å². The number of aromatic nitrogens is 1. The summed E-state index contributed by atoms with van der Waals surface area (Å²) in [6, 6.07) is 79.9. The molecule has 3 aliphatic carbocycles. The van der Waals surface area contributed by atoms with Crippen LogP contribution in [0.3, 0.4) is 0 Å². The van der Waals surface area contributed by atoms with Gasteiger partial charge in [-0.05, 0) is 120 Å². The predicted octanol–water partition coefficient (Wildman–Crippen LogP) is 14.9. The lowest BCUT2D eigenvalue weighted by atomic mass is 9.52. The van der Waals surface area contributed by atoms with E-state index in [1.165, 1.54) is 99.3 Å². The number of para-hydroxylation sites is 1. The van der Waals surface area contributed by atoms with Gasteiger partial charge in [-0.25, -0.2) is 0 Å². The van der Waals surface area contributed by atoms with Crippen molar-refractivity contribution >= 4 is 54.5 Å². The molecular weight excluding hydrogens is 751 g/mol. The summed E-state index contributed by atoms with van der Waals surface area (Å²) in [5.41, 5.74) is 20.3. The summed E-state index contributed by atoms with van der Waals surface area (Å²) in [6.45, 7) is 0. The van der Waals surface area contributed by atoms with Crippen LogP contribution in [0.5, 0.6) is 0 Å². The summed E-state index contributed by atoms with van der Waals surface area (Å²) in [5.74, 6) is 0. The van der Waals surface area contributed by atoms with E-state index in [2.05, 4.69) is 211 Å². The van der Waals surface area contributed by atoms with Crippen molar-refractivity contribution in [3.05, 3.63) is 257 Å². The molecule has 12 aromatic rings. The Morgan fingerprint density at radius 1 is 0.306 bits per heavy atom. The number of nitrogens with zero attached hydrogens (tertiary/aromatic N) is 1. The summed E-state index contributed by atoms with van der Waals surface area (Å²) in [6.07, 6.45) is 0. The van der Waals surface area contributed by atoms with Gasteiger partial charge in [0.25, 0.3) is 0 Å². The zero-order chi connectivity index (χ0) is 40.3. The molecule has 10 aromatic carbocycles. The maximum absolute atomic E-state index is 6.34. The molecule has 0 radical (unpaired) electrons. The first kappa shape index (κ1) is 32.9.